The van der Waals surface area contributed by atoms with E-state index in [1.54, 1.807) is 0 Å². The van der Waals surface area contributed by atoms with E-state index in [0.29, 0.717) is 0 Å². The Labute approximate surface area is 122 Å². The Balaban J connectivity index is 2.26. The van der Waals surface area contributed by atoms with Gasteiger partial charge in [-0.15, -0.1) is 0 Å². The van der Waals surface area contributed by atoms with Crippen molar-refractivity contribution in [2.45, 2.75) is 52.7 Å². The molecule has 20 heavy (non-hydrogen) atoms. The molecule has 0 radical (unpaired) electrons. The number of nitrogens with zero attached hydrogens (tertiary/aromatic N) is 3. The Morgan fingerprint density at radius 1 is 1.15 bits per heavy atom. The van der Waals surface area contributed by atoms with Crippen LogP contribution >= 0.6 is 0 Å². The molecule has 0 amide bonds. The van der Waals surface area contributed by atoms with Crippen LogP contribution in [0.1, 0.15) is 41.5 Å². The summed E-state index contributed by atoms with van der Waals surface area (Å²) in [6.45, 7) is 14.4. The highest BCUT2D eigenvalue weighted by Gasteiger charge is 2.52. The fourth-order valence-corrected chi connectivity index (χ4v) is 2.36. The summed E-state index contributed by atoms with van der Waals surface area (Å²) in [5.41, 5.74) is 0.183. The van der Waals surface area contributed by atoms with Crippen molar-refractivity contribution >= 4 is 18.7 Å². The van der Waals surface area contributed by atoms with Crippen molar-refractivity contribution in [1.82, 2.24) is 9.55 Å². The van der Waals surface area contributed by atoms with Crippen LogP contribution in [-0.4, -0.2) is 41.0 Å². The first-order valence-electron chi connectivity index (χ1n) is 7.35. The molecule has 0 atom stereocenters. The molecular formula is C14H26BN3O2. The molecular weight excluding hydrogens is 253 g/mol. The second-order valence-electron chi connectivity index (χ2n) is 6.34. The quantitative estimate of drug-likeness (QED) is 0.784. The van der Waals surface area contributed by atoms with Crippen LogP contribution in [-0.2, 0) is 16.4 Å². The normalized spacial score (nSPS) is 20.4. The van der Waals surface area contributed by atoms with E-state index in [1.807, 2.05) is 17.8 Å². The lowest BCUT2D eigenvalue weighted by Crippen LogP contribution is -2.41. The van der Waals surface area contributed by atoms with Crippen molar-refractivity contribution < 1.29 is 9.31 Å². The molecule has 1 fully saturated rings. The van der Waals surface area contributed by atoms with Crippen molar-refractivity contribution in [2.24, 2.45) is 7.05 Å². The monoisotopic (exact) mass is 279 g/mol. The molecule has 0 aliphatic carbocycles. The van der Waals surface area contributed by atoms with Gasteiger partial charge < -0.3 is 18.8 Å². The van der Waals surface area contributed by atoms with Gasteiger partial charge in [-0.2, -0.15) is 0 Å². The molecule has 0 N–H and O–H groups in total. The third-order valence-electron chi connectivity index (χ3n) is 4.41. The molecule has 0 saturated carbocycles. The van der Waals surface area contributed by atoms with E-state index in [9.17, 15) is 0 Å². The first-order chi connectivity index (χ1) is 9.21. The zero-order valence-electron chi connectivity index (χ0n) is 13.7. The minimum absolute atomic E-state index is 0.329. The summed E-state index contributed by atoms with van der Waals surface area (Å²) in [6, 6.07) is 0. The van der Waals surface area contributed by atoms with Crippen molar-refractivity contribution in [1.29, 1.82) is 0 Å². The molecule has 1 saturated heterocycles. The smallest absolute Gasteiger partial charge is 0.398 e. The summed E-state index contributed by atoms with van der Waals surface area (Å²) < 4.78 is 14.1. The van der Waals surface area contributed by atoms with Crippen LogP contribution in [0.25, 0.3) is 0 Å². The van der Waals surface area contributed by atoms with Crippen LogP contribution in [0.3, 0.4) is 0 Å². The van der Waals surface area contributed by atoms with E-state index in [4.69, 9.17) is 14.3 Å². The van der Waals surface area contributed by atoms with Gasteiger partial charge in [0.1, 0.15) is 0 Å². The molecule has 6 heteroatoms. The Bertz CT molecular complexity index is 465. The van der Waals surface area contributed by atoms with Gasteiger partial charge in [-0.1, -0.05) is 0 Å². The number of hydrogen-bond donors (Lipinski definition) is 0. The average Bonchev–Trinajstić information content (AvgIpc) is 2.81. The third kappa shape index (κ3) is 2.47. The summed E-state index contributed by atoms with van der Waals surface area (Å²) in [5, 5.41) is 0. The van der Waals surface area contributed by atoms with E-state index < -0.39 is 7.12 Å². The number of aryl methyl sites for hydroxylation is 1. The summed E-state index contributed by atoms with van der Waals surface area (Å²) in [4.78, 5) is 6.92. The molecule has 2 heterocycles. The molecule has 1 aromatic rings. The van der Waals surface area contributed by atoms with Gasteiger partial charge in [0, 0.05) is 26.3 Å². The Morgan fingerprint density at radius 2 is 1.65 bits per heavy atom. The summed E-state index contributed by atoms with van der Waals surface area (Å²) in [6.07, 6.45) is 2.00. The van der Waals surface area contributed by atoms with Crippen molar-refractivity contribution in [3.63, 3.8) is 0 Å². The zero-order chi connectivity index (χ0) is 15.1. The number of aromatic nitrogens is 2. The highest BCUT2D eigenvalue weighted by atomic mass is 16.7. The maximum atomic E-state index is 6.05. The Morgan fingerprint density at radius 3 is 2.10 bits per heavy atom. The molecule has 0 bridgehead atoms. The molecule has 0 spiro atoms. The molecule has 0 aromatic carbocycles. The minimum Gasteiger partial charge on any atom is -0.398 e. The summed E-state index contributed by atoms with van der Waals surface area (Å²) in [7, 11) is 1.62. The molecule has 1 aliphatic rings. The van der Waals surface area contributed by atoms with Crippen molar-refractivity contribution in [2.75, 3.05) is 18.0 Å². The third-order valence-corrected chi connectivity index (χ3v) is 4.41. The van der Waals surface area contributed by atoms with Crippen molar-refractivity contribution in [3.8, 4) is 0 Å². The molecule has 5 nitrogen and oxygen atoms in total. The number of imidazole rings is 1. The predicted molar refractivity (Wildman–Crippen MR) is 82.5 cm³/mol. The first-order valence-corrected chi connectivity index (χ1v) is 7.35. The standard InChI is InChI=1S/C14H26BN3O2/c1-8-18(9-2)12-16-11(10-17(12)7)15-19-13(3,4)14(5,6)20-15/h10H,8-9H2,1-7H3. The van der Waals surface area contributed by atoms with E-state index >= 15 is 0 Å². The first kappa shape index (κ1) is 15.4. The minimum atomic E-state index is -0.393. The predicted octanol–water partition coefficient (Wildman–Crippen LogP) is 1.57. The largest absolute Gasteiger partial charge is 0.516 e. The lowest BCUT2D eigenvalue weighted by atomic mass is 9.86. The Hall–Kier alpha value is -1.01. The highest BCUT2D eigenvalue weighted by molar-refractivity contribution is 6.61. The Kier molecular flexibility index (Phi) is 3.91. The van der Waals surface area contributed by atoms with Gasteiger partial charge in [-0.25, -0.2) is 4.98 Å². The van der Waals surface area contributed by atoms with Gasteiger partial charge in [0.05, 0.1) is 16.8 Å². The fourth-order valence-electron chi connectivity index (χ4n) is 2.36. The van der Waals surface area contributed by atoms with Crippen LogP contribution in [0, 0.1) is 0 Å². The van der Waals surface area contributed by atoms with Crippen LogP contribution in [0.2, 0.25) is 0 Å². The average molecular weight is 279 g/mol. The topological polar surface area (TPSA) is 39.5 Å². The van der Waals surface area contributed by atoms with Crippen LogP contribution in [0.15, 0.2) is 6.20 Å². The molecule has 112 valence electrons. The molecule has 1 aromatic heterocycles. The highest BCUT2D eigenvalue weighted by Crippen LogP contribution is 2.36. The molecule has 2 rings (SSSR count). The second-order valence-corrected chi connectivity index (χ2v) is 6.34. The maximum Gasteiger partial charge on any atom is 0.516 e. The lowest BCUT2D eigenvalue weighted by Gasteiger charge is -2.32. The van der Waals surface area contributed by atoms with Gasteiger partial charge in [0.2, 0.25) is 5.95 Å². The van der Waals surface area contributed by atoms with Crippen LogP contribution in [0.4, 0.5) is 5.95 Å². The SMILES string of the molecule is CCN(CC)c1nc(B2OC(C)(C)C(C)(C)O2)cn1C. The van der Waals surface area contributed by atoms with Gasteiger partial charge >= 0.3 is 7.12 Å². The number of anilines is 1. The zero-order valence-corrected chi connectivity index (χ0v) is 13.7. The van der Waals surface area contributed by atoms with E-state index in [2.05, 4.69) is 46.4 Å². The van der Waals surface area contributed by atoms with Crippen LogP contribution in [0.5, 0.6) is 0 Å². The van der Waals surface area contributed by atoms with Crippen molar-refractivity contribution in [3.05, 3.63) is 6.20 Å². The van der Waals surface area contributed by atoms with Gasteiger partial charge in [0.25, 0.3) is 0 Å². The van der Waals surface area contributed by atoms with Gasteiger partial charge in [0.15, 0.2) is 0 Å². The van der Waals surface area contributed by atoms with E-state index in [0.717, 1.165) is 24.6 Å². The van der Waals surface area contributed by atoms with E-state index in [-0.39, 0.29) is 11.2 Å². The molecule has 1 aliphatic heterocycles. The van der Waals surface area contributed by atoms with E-state index in [1.165, 1.54) is 0 Å². The number of hydrogen-bond acceptors (Lipinski definition) is 4. The van der Waals surface area contributed by atoms with Gasteiger partial charge in [-0.3, -0.25) is 0 Å². The molecule has 0 unspecified atom stereocenters. The van der Waals surface area contributed by atoms with Crippen LogP contribution < -0.4 is 10.5 Å². The lowest BCUT2D eigenvalue weighted by molar-refractivity contribution is 0.00578. The second kappa shape index (κ2) is 5.08. The summed E-state index contributed by atoms with van der Waals surface area (Å²) >= 11 is 0. The summed E-state index contributed by atoms with van der Waals surface area (Å²) in [5.74, 6) is 0.958. The van der Waals surface area contributed by atoms with Gasteiger partial charge in [-0.05, 0) is 41.5 Å². The fraction of sp³-hybridized carbons (Fsp3) is 0.786. The number of rotatable bonds is 4. The maximum absolute atomic E-state index is 6.05.